The van der Waals surface area contributed by atoms with E-state index in [9.17, 15) is 9.18 Å². The number of aliphatic hydroxyl groups is 1. The number of carbonyl (C=O) groups excluding carboxylic acids is 1. The van der Waals surface area contributed by atoms with Crippen LogP contribution in [0.25, 0.3) is 0 Å². The summed E-state index contributed by atoms with van der Waals surface area (Å²) in [6.45, 7) is 2.94. The van der Waals surface area contributed by atoms with E-state index < -0.39 is 11.8 Å². The normalized spacial score (nSPS) is 9.27. The van der Waals surface area contributed by atoms with Crippen LogP contribution in [0.15, 0.2) is 12.4 Å². The largest absolute Gasteiger partial charge is 0.460 e. The molecule has 0 amide bonds. The molecule has 64 valence electrons. The average Bonchev–Trinajstić information content (AvgIpc) is 1.97. The summed E-state index contributed by atoms with van der Waals surface area (Å²) in [7, 11) is 0. The second kappa shape index (κ2) is 5.85. The fourth-order valence-electron chi connectivity index (χ4n) is 0.457. The minimum Gasteiger partial charge on any atom is -0.460 e. The highest BCUT2D eigenvalue weighted by molar-refractivity contribution is 5.85. The summed E-state index contributed by atoms with van der Waals surface area (Å²) < 4.78 is 16.3. The Morgan fingerprint density at radius 2 is 2.18 bits per heavy atom. The van der Waals surface area contributed by atoms with Crippen LogP contribution in [0.3, 0.4) is 0 Å². The van der Waals surface area contributed by atoms with E-state index in [1.165, 1.54) is 0 Å². The fraction of sp³-hybridized carbons (Fsp3) is 0.571. The van der Waals surface area contributed by atoms with Crippen LogP contribution in [-0.2, 0) is 9.53 Å². The summed E-state index contributed by atoms with van der Waals surface area (Å²) in [6, 6.07) is 0. The van der Waals surface area contributed by atoms with Gasteiger partial charge in [0.25, 0.3) is 0 Å². The van der Waals surface area contributed by atoms with Crippen molar-refractivity contribution in [3.63, 3.8) is 0 Å². The average molecular weight is 162 g/mol. The van der Waals surface area contributed by atoms with E-state index in [-0.39, 0.29) is 13.2 Å². The van der Waals surface area contributed by atoms with Crippen LogP contribution < -0.4 is 0 Å². The molecule has 0 saturated heterocycles. The first-order valence-electron chi connectivity index (χ1n) is 3.31. The molecule has 11 heavy (non-hydrogen) atoms. The van der Waals surface area contributed by atoms with Crippen molar-refractivity contribution in [1.29, 1.82) is 0 Å². The Bertz CT molecular complexity index is 145. The lowest BCUT2D eigenvalue weighted by Gasteiger charge is -2.00. The number of hydrogen-bond acceptors (Lipinski definition) is 3. The van der Waals surface area contributed by atoms with E-state index in [4.69, 9.17) is 5.11 Å². The maximum atomic E-state index is 11.9. The summed E-state index contributed by atoms with van der Waals surface area (Å²) in [5.41, 5.74) is 0. The van der Waals surface area contributed by atoms with Crippen LogP contribution in [0.4, 0.5) is 4.39 Å². The topological polar surface area (TPSA) is 46.5 Å². The quantitative estimate of drug-likeness (QED) is 0.369. The van der Waals surface area contributed by atoms with Crippen molar-refractivity contribution in [3.8, 4) is 0 Å². The zero-order valence-corrected chi connectivity index (χ0v) is 6.18. The van der Waals surface area contributed by atoms with Gasteiger partial charge >= 0.3 is 5.97 Å². The van der Waals surface area contributed by atoms with E-state index in [0.717, 1.165) is 0 Å². The Labute approximate surface area is 64.5 Å². The zero-order valence-electron chi connectivity index (χ0n) is 6.18. The third kappa shape index (κ3) is 5.54. The highest BCUT2D eigenvalue weighted by atomic mass is 19.1. The van der Waals surface area contributed by atoms with Crippen molar-refractivity contribution < 1.29 is 19.0 Å². The Morgan fingerprint density at radius 1 is 1.55 bits per heavy atom. The molecular weight excluding hydrogens is 151 g/mol. The first-order valence-corrected chi connectivity index (χ1v) is 3.31. The number of rotatable bonds is 5. The molecule has 0 aliphatic rings. The van der Waals surface area contributed by atoms with Crippen molar-refractivity contribution in [2.24, 2.45) is 0 Å². The van der Waals surface area contributed by atoms with E-state index in [1.807, 2.05) is 0 Å². The van der Waals surface area contributed by atoms with Gasteiger partial charge in [-0.2, -0.15) is 4.39 Å². The Hall–Kier alpha value is -0.900. The van der Waals surface area contributed by atoms with Crippen LogP contribution >= 0.6 is 0 Å². The van der Waals surface area contributed by atoms with Gasteiger partial charge in [0, 0.05) is 6.61 Å². The van der Waals surface area contributed by atoms with Gasteiger partial charge in [-0.05, 0) is 12.8 Å². The number of hydrogen-bond donors (Lipinski definition) is 1. The minimum atomic E-state index is -1.09. The number of esters is 1. The molecule has 3 nitrogen and oxygen atoms in total. The molecule has 0 atom stereocenters. The van der Waals surface area contributed by atoms with Crippen molar-refractivity contribution in [1.82, 2.24) is 0 Å². The smallest absolute Gasteiger partial charge is 0.366 e. The molecule has 0 aliphatic carbocycles. The Morgan fingerprint density at radius 3 is 2.64 bits per heavy atom. The molecular formula is C7H11FO3. The second-order valence-corrected chi connectivity index (χ2v) is 1.97. The van der Waals surface area contributed by atoms with E-state index in [0.29, 0.717) is 12.8 Å². The van der Waals surface area contributed by atoms with Gasteiger partial charge in [-0.3, -0.25) is 0 Å². The molecule has 0 unspecified atom stereocenters. The molecule has 0 saturated carbocycles. The van der Waals surface area contributed by atoms with Crippen molar-refractivity contribution in [2.75, 3.05) is 13.2 Å². The van der Waals surface area contributed by atoms with Gasteiger partial charge in [0.05, 0.1) is 6.61 Å². The number of aliphatic hydroxyl groups excluding tert-OH is 1. The third-order valence-corrected chi connectivity index (χ3v) is 1.01. The first kappa shape index (κ1) is 10.1. The molecule has 4 heteroatoms. The Balaban J connectivity index is 3.25. The lowest BCUT2D eigenvalue weighted by atomic mass is 10.3. The third-order valence-electron chi connectivity index (χ3n) is 1.01. The van der Waals surface area contributed by atoms with Crippen molar-refractivity contribution in [2.45, 2.75) is 12.8 Å². The molecule has 0 aromatic carbocycles. The highest BCUT2D eigenvalue weighted by Crippen LogP contribution is 1.96. The fourth-order valence-corrected chi connectivity index (χ4v) is 0.457. The summed E-state index contributed by atoms with van der Waals surface area (Å²) in [5.74, 6) is -2.11. The molecule has 0 radical (unpaired) electrons. The minimum absolute atomic E-state index is 0.0497. The van der Waals surface area contributed by atoms with Gasteiger partial charge in [-0.25, -0.2) is 4.79 Å². The molecule has 0 rings (SSSR count). The number of halogens is 1. The molecule has 0 bridgehead atoms. The van der Waals surface area contributed by atoms with Gasteiger partial charge < -0.3 is 9.84 Å². The summed E-state index contributed by atoms with van der Waals surface area (Å²) >= 11 is 0. The first-order chi connectivity index (χ1) is 5.18. The summed E-state index contributed by atoms with van der Waals surface area (Å²) in [4.78, 5) is 10.3. The molecule has 1 N–H and O–H groups in total. The lowest BCUT2D eigenvalue weighted by Crippen LogP contribution is -2.05. The SMILES string of the molecule is C=C(F)C(=O)OCCCCO. The van der Waals surface area contributed by atoms with Crippen LogP contribution in [0.1, 0.15) is 12.8 Å². The maximum absolute atomic E-state index is 11.9. The summed E-state index contributed by atoms with van der Waals surface area (Å²) in [6.07, 6.45) is 1.08. The van der Waals surface area contributed by atoms with Crippen molar-refractivity contribution >= 4 is 5.97 Å². The van der Waals surface area contributed by atoms with Gasteiger partial charge in [-0.15, -0.1) is 0 Å². The van der Waals surface area contributed by atoms with Crippen LogP contribution in [0.5, 0.6) is 0 Å². The van der Waals surface area contributed by atoms with E-state index in [2.05, 4.69) is 11.3 Å². The van der Waals surface area contributed by atoms with E-state index >= 15 is 0 Å². The second-order valence-electron chi connectivity index (χ2n) is 1.97. The standard InChI is InChI=1S/C7H11FO3/c1-6(8)7(10)11-5-3-2-4-9/h9H,1-5H2. The molecule has 0 heterocycles. The van der Waals surface area contributed by atoms with Gasteiger partial charge in [0.1, 0.15) is 0 Å². The highest BCUT2D eigenvalue weighted by Gasteiger charge is 2.05. The molecule has 0 fully saturated rings. The van der Waals surface area contributed by atoms with Gasteiger partial charge in [0.2, 0.25) is 5.83 Å². The van der Waals surface area contributed by atoms with Crippen LogP contribution in [-0.4, -0.2) is 24.3 Å². The molecule has 0 aliphatic heterocycles. The Kier molecular flexibility index (Phi) is 5.37. The predicted molar refractivity (Wildman–Crippen MR) is 37.5 cm³/mol. The summed E-state index contributed by atoms with van der Waals surface area (Å²) in [5, 5.41) is 8.31. The molecule has 0 spiro atoms. The monoisotopic (exact) mass is 162 g/mol. The van der Waals surface area contributed by atoms with E-state index in [1.54, 1.807) is 0 Å². The van der Waals surface area contributed by atoms with Gasteiger partial charge in [-0.1, -0.05) is 6.58 Å². The number of unbranched alkanes of at least 4 members (excludes halogenated alkanes) is 1. The van der Waals surface area contributed by atoms with Crippen molar-refractivity contribution in [3.05, 3.63) is 12.4 Å². The lowest BCUT2D eigenvalue weighted by molar-refractivity contribution is -0.140. The van der Waals surface area contributed by atoms with Crippen LogP contribution in [0.2, 0.25) is 0 Å². The maximum Gasteiger partial charge on any atom is 0.366 e. The number of carbonyl (C=O) groups is 1. The predicted octanol–water partition coefficient (Wildman–Crippen LogP) is 0.785. The molecule has 0 aromatic rings. The van der Waals surface area contributed by atoms with Crippen LogP contribution in [0, 0.1) is 0 Å². The van der Waals surface area contributed by atoms with Gasteiger partial charge in [0.15, 0.2) is 0 Å². The number of ether oxygens (including phenoxy) is 1. The molecule has 0 aromatic heterocycles. The zero-order chi connectivity index (χ0) is 8.69.